The molecule has 0 amide bonds. The average Bonchev–Trinajstić information content (AvgIpc) is 2.30. The minimum atomic E-state index is 0.546. The van der Waals surface area contributed by atoms with Gasteiger partial charge in [0.2, 0.25) is 0 Å². The SMILES string of the molecule is C=CCSCCCNCc1ccc(Cl)nc1. The van der Waals surface area contributed by atoms with E-state index in [0.29, 0.717) is 5.15 Å². The zero-order chi connectivity index (χ0) is 11.6. The summed E-state index contributed by atoms with van der Waals surface area (Å²) in [5, 5.41) is 3.92. The van der Waals surface area contributed by atoms with Crippen LogP contribution in [-0.4, -0.2) is 23.0 Å². The first-order valence-corrected chi connectivity index (χ1v) is 6.86. The van der Waals surface area contributed by atoms with Crippen molar-refractivity contribution in [3.8, 4) is 0 Å². The number of hydrogen-bond acceptors (Lipinski definition) is 3. The van der Waals surface area contributed by atoms with Crippen molar-refractivity contribution in [2.45, 2.75) is 13.0 Å². The molecule has 0 saturated carbocycles. The molecule has 1 heterocycles. The van der Waals surface area contributed by atoms with Crippen LogP contribution in [0.25, 0.3) is 0 Å². The molecular weight excluding hydrogens is 240 g/mol. The van der Waals surface area contributed by atoms with Gasteiger partial charge in [0, 0.05) is 18.5 Å². The van der Waals surface area contributed by atoms with Crippen LogP contribution in [0, 0.1) is 0 Å². The van der Waals surface area contributed by atoms with Crippen LogP contribution in [0.2, 0.25) is 5.15 Å². The fraction of sp³-hybridized carbons (Fsp3) is 0.417. The van der Waals surface area contributed by atoms with Crippen LogP contribution in [0.15, 0.2) is 31.0 Å². The highest BCUT2D eigenvalue weighted by atomic mass is 35.5. The molecule has 0 fully saturated rings. The van der Waals surface area contributed by atoms with E-state index in [4.69, 9.17) is 11.6 Å². The van der Waals surface area contributed by atoms with Gasteiger partial charge in [-0.15, -0.1) is 6.58 Å². The van der Waals surface area contributed by atoms with Gasteiger partial charge in [0.25, 0.3) is 0 Å². The molecule has 1 aromatic heterocycles. The average molecular weight is 257 g/mol. The number of pyridine rings is 1. The third-order valence-corrected chi connectivity index (χ3v) is 3.27. The Morgan fingerprint density at radius 1 is 1.50 bits per heavy atom. The molecule has 0 bridgehead atoms. The van der Waals surface area contributed by atoms with Crippen molar-refractivity contribution < 1.29 is 0 Å². The Morgan fingerprint density at radius 3 is 3.06 bits per heavy atom. The molecule has 88 valence electrons. The number of nitrogens with one attached hydrogen (secondary N) is 1. The number of rotatable bonds is 8. The molecule has 2 nitrogen and oxygen atoms in total. The molecule has 0 aliphatic carbocycles. The van der Waals surface area contributed by atoms with Crippen LogP contribution in [0.3, 0.4) is 0 Å². The summed E-state index contributed by atoms with van der Waals surface area (Å²) >= 11 is 7.62. The normalized spacial score (nSPS) is 10.3. The van der Waals surface area contributed by atoms with Crippen molar-refractivity contribution in [3.63, 3.8) is 0 Å². The highest BCUT2D eigenvalue weighted by Crippen LogP contribution is 2.05. The summed E-state index contributed by atoms with van der Waals surface area (Å²) in [5.74, 6) is 2.22. The maximum absolute atomic E-state index is 5.70. The highest BCUT2D eigenvalue weighted by Gasteiger charge is 1.93. The van der Waals surface area contributed by atoms with Crippen LogP contribution in [0.1, 0.15) is 12.0 Å². The molecule has 0 aliphatic rings. The van der Waals surface area contributed by atoms with Gasteiger partial charge < -0.3 is 5.32 Å². The Kier molecular flexibility index (Phi) is 7.30. The van der Waals surface area contributed by atoms with Crippen molar-refractivity contribution in [1.82, 2.24) is 10.3 Å². The van der Waals surface area contributed by atoms with Crippen molar-refractivity contribution in [1.29, 1.82) is 0 Å². The fourth-order valence-electron chi connectivity index (χ4n) is 1.21. The Morgan fingerprint density at radius 2 is 2.38 bits per heavy atom. The number of thioether (sulfide) groups is 1. The molecule has 0 spiro atoms. The Hall–Kier alpha value is -0.510. The lowest BCUT2D eigenvalue weighted by Gasteiger charge is -2.04. The molecule has 0 radical (unpaired) electrons. The summed E-state index contributed by atoms with van der Waals surface area (Å²) in [4.78, 5) is 4.03. The van der Waals surface area contributed by atoms with Crippen molar-refractivity contribution >= 4 is 23.4 Å². The first kappa shape index (κ1) is 13.6. The number of nitrogens with zero attached hydrogens (tertiary/aromatic N) is 1. The van der Waals surface area contributed by atoms with E-state index in [2.05, 4.69) is 16.9 Å². The smallest absolute Gasteiger partial charge is 0.129 e. The Balaban J connectivity index is 2.02. The predicted octanol–water partition coefficient (Wildman–Crippen LogP) is 3.13. The molecule has 0 aliphatic heterocycles. The van der Waals surface area contributed by atoms with E-state index in [-0.39, 0.29) is 0 Å². The second-order valence-electron chi connectivity index (χ2n) is 3.38. The lowest BCUT2D eigenvalue weighted by Crippen LogP contribution is -2.15. The number of hydrogen-bond donors (Lipinski definition) is 1. The summed E-state index contributed by atoms with van der Waals surface area (Å²) < 4.78 is 0. The first-order chi connectivity index (χ1) is 7.83. The van der Waals surface area contributed by atoms with Crippen LogP contribution in [0.4, 0.5) is 0 Å². The quantitative estimate of drug-likeness (QED) is 0.440. The summed E-state index contributed by atoms with van der Waals surface area (Å²) in [6.45, 7) is 5.58. The van der Waals surface area contributed by atoms with Gasteiger partial charge in [0.05, 0.1) is 0 Å². The van der Waals surface area contributed by atoms with E-state index in [1.54, 1.807) is 0 Å². The van der Waals surface area contributed by atoms with Crippen molar-refractivity contribution in [3.05, 3.63) is 41.7 Å². The van der Waals surface area contributed by atoms with E-state index >= 15 is 0 Å². The van der Waals surface area contributed by atoms with Gasteiger partial charge in [-0.3, -0.25) is 0 Å². The van der Waals surface area contributed by atoms with E-state index in [1.165, 1.54) is 17.7 Å². The molecule has 0 saturated heterocycles. The molecule has 1 aromatic rings. The predicted molar refractivity (Wildman–Crippen MR) is 73.1 cm³/mol. The third-order valence-electron chi connectivity index (χ3n) is 2.00. The Labute approximate surface area is 106 Å². The van der Waals surface area contributed by atoms with Crippen LogP contribution >= 0.6 is 23.4 Å². The molecule has 4 heteroatoms. The van der Waals surface area contributed by atoms with E-state index in [0.717, 1.165) is 18.8 Å². The first-order valence-electron chi connectivity index (χ1n) is 5.32. The number of halogens is 1. The largest absolute Gasteiger partial charge is 0.313 e. The molecule has 0 aromatic carbocycles. The van der Waals surface area contributed by atoms with Gasteiger partial charge >= 0.3 is 0 Å². The lowest BCUT2D eigenvalue weighted by molar-refractivity contribution is 0.677. The fourth-order valence-corrected chi connectivity index (χ4v) is 2.00. The molecule has 16 heavy (non-hydrogen) atoms. The summed E-state index contributed by atoms with van der Waals surface area (Å²) in [5.41, 5.74) is 1.17. The zero-order valence-corrected chi connectivity index (χ0v) is 10.9. The lowest BCUT2D eigenvalue weighted by atomic mass is 10.3. The van der Waals surface area contributed by atoms with Crippen LogP contribution in [0.5, 0.6) is 0 Å². The highest BCUT2D eigenvalue weighted by molar-refractivity contribution is 7.99. The van der Waals surface area contributed by atoms with Gasteiger partial charge in [0.1, 0.15) is 5.15 Å². The van der Waals surface area contributed by atoms with E-state index in [9.17, 15) is 0 Å². The summed E-state index contributed by atoms with van der Waals surface area (Å²) in [6, 6.07) is 3.81. The van der Waals surface area contributed by atoms with Crippen LogP contribution in [-0.2, 0) is 6.54 Å². The molecule has 1 N–H and O–H groups in total. The second-order valence-corrected chi connectivity index (χ2v) is 4.92. The minimum absolute atomic E-state index is 0.546. The van der Waals surface area contributed by atoms with E-state index < -0.39 is 0 Å². The molecule has 0 atom stereocenters. The van der Waals surface area contributed by atoms with Crippen molar-refractivity contribution in [2.24, 2.45) is 0 Å². The monoisotopic (exact) mass is 256 g/mol. The number of aromatic nitrogens is 1. The maximum Gasteiger partial charge on any atom is 0.129 e. The van der Waals surface area contributed by atoms with Gasteiger partial charge in [-0.05, 0) is 30.3 Å². The molecule has 0 unspecified atom stereocenters. The summed E-state index contributed by atoms with van der Waals surface area (Å²) in [7, 11) is 0. The van der Waals surface area contributed by atoms with Crippen LogP contribution < -0.4 is 5.32 Å². The third kappa shape index (κ3) is 6.16. The van der Waals surface area contributed by atoms with Gasteiger partial charge in [-0.1, -0.05) is 23.7 Å². The molecule has 1 rings (SSSR count). The van der Waals surface area contributed by atoms with Gasteiger partial charge in [-0.2, -0.15) is 11.8 Å². The Bertz CT molecular complexity index is 300. The van der Waals surface area contributed by atoms with Gasteiger partial charge in [-0.25, -0.2) is 4.98 Å². The maximum atomic E-state index is 5.70. The zero-order valence-electron chi connectivity index (χ0n) is 9.29. The standard InChI is InChI=1S/C12H17ClN2S/c1-2-7-16-8-3-6-14-9-11-4-5-12(13)15-10-11/h2,4-5,10,14H,1,3,6-9H2. The second kappa shape index (κ2) is 8.62. The van der Waals surface area contributed by atoms with Crippen molar-refractivity contribution in [2.75, 3.05) is 18.1 Å². The summed E-state index contributed by atoms with van der Waals surface area (Å²) in [6.07, 6.45) is 4.93. The van der Waals surface area contributed by atoms with E-state index in [1.807, 2.05) is 36.2 Å². The minimum Gasteiger partial charge on any atom is -0.313 e. The topological polar surface area (TPSA) is 24.9 Å². The molecular formula is C12H17ClN2S. The van der Waals surface area contributed by atoms with Gasteiger partial charge in [0.15, 0.2) is 0 Å².